The number of aromatic nitrogens is 1. The number of nitrogens with zero attached hydrogens (tertiary/aromatic N) is 2. The van der Waals surface area contributed by atoms with Gasteiger partial charge >= 0.3 is 6.09 Å². The molecule has 13 nitrogen and oxygen atoms in total. The van der Waals surface area contributed by atoms with E-state index in [9.17, 15) is 22.8 Å². The van der Waals surface area contributed by atoms with Crippen molar-refractivity contribution in [3.63, 3.8) is 0 Å². The number of rotatable bonds is 12. The Kier molecular flexibility index (Phi) is 10.9. The molecule has 0 saturated heterocycles. The van der Waals surface area contributed by atoms with Crippen molar-refractivity contribution in [2.24, 2.45) is 10.9 Å². The Hall–Kier alpha value is -4.85. The van der Waals surface area contributed by atoms with Gasteiger partial charge in [-0.15, -0.1) is 0 Å². The molecule has 0 unspecified atom stereocenters. The summed E-state index contributed by atoms with van der Waals surface area (Å²) in [6.45, 7) is 3.11. The normalized spacial score (nSPS) is 11.4. The predicted molar refractivity (Wildman–Crippen MR) is 153 cm³/mol. The molecule has 0 aliphatic rings. The average Bonchev–Trinajstić information content (AvgIpc) is 2.93. The van der Waals surface area contributed by atoms with E-state index in [-0.39, 0.29) is 42.8 Å². The molecule has 3 rings (SSSR count). The maximum Gasteiger partial charge on any atom is 0.414 e. The number of benzene rings is 2. The summed E-state index contributed by atoms with van der Waals surface area (Å²) in [5.41, 5.74) is 6.93. The molecule has 0 spiro atoms. The zero-order valence-corrected chi connectivity index (χ0v) is 23.4. The van der Waals surface area contributed by atoms with Crippen molar-refractivity contribution in [1.29, 1.82) is 0 Å². The lowest BCUT2D eigenvalue weighted by Gasteiger charge is -2.13. The van der Waals surface area contributed by atoms with E-state index < -0.39 is 27.6 Å². The van der Waals surface area contributed by atoms with Crippen LogP contribution in [0.1, 0.15) is 16.8 Å². The molecule has 218 valence electrons. The fourth-order valence-corrected chi connectivity index (χ4v) is 4.71. The number of anilines is 1. The minimum Gasteiger partial charge on any atom is -0.449 e. The number of nitrogens with two attached hydrogens (primary N) is 1. The first-order chi connectivity index (χ1) is 19.5. The Bertz CT molecular complexity index is 1560. The van der Waals surface area contributed by atoms with Crippen molar-refractivity contribution >= 4 is 33.7 Å². The van der Waals surface area contributed by atoms with Crippen LogP contribution in [-0.4, -0.2) is 50.7 Å². The molecule has 2 amide bonds. The number of alkyl carbamates (subject to hydrolysis) is 1. The van der Waals surface area contributed by atoms with E-state index in [1.165, 1.54) is 24.3 Å². The van der Waals surface area contributed by atoms with Crippen molar-refractivity contribution in [1.82, 2.24) is 15.2 Å². The zero-order chi connectivity index (χ0) is 29.8. The van der Waals surface area contributed by atoms with Crippen LogP contribution < -0.4 is 26.6 Å². The number of hydrogen-bond acceptors (Lipinski definition) is 8. The van der Waals surface area contributed by atoms with Gasteiger partial charge in [-0.25, -0.2) is 13.2 Å². The van der Waals surface area contributed by atoms with Crippen LogP contribution in [0.25, 0.3) is 0 Å². The average molecular weight is 585 g/mol. The topological polar surface area (TPSA) is 183 Å². The van der Waals surface area contributed by atoms with Gasteiger partial charge in [0.05, 0.1) is 18.0 Å². The number of carbonyl (C=O) groups is 2. The molecule has 1 heterocycles. The molecule has 41 heavy (non-hydrogen) atoms. The number of carbonyl (C=O) groups excluding carboxylic acids is 2. The highest BCUT2D eigenvalue weighted by Gasteiger charge is 2.18. The predicted octanol–water partition coefficient (Wildman–Crippen LogP) is 1.60. The minimum atomic E-state index is -4.01. The number of sulfonamides is 1. The summed E-state index contributed by atoms with van der Waals surface area (Å²) >= 11 is 0. The molecular formula is C27H32N6O7S. The van der Waals surface area contributed by atoms with E-state index in [2.05, 4.69) is 20.5 Å². The molecule has 0 fully saturated rings. The Labute approximate surface area is 237 Å². The third-order valence-electron chi connectivity index (χ3n) is 5.61. The number of hydrogen-bond donors (Lipinski definition) is 4. The summed E-state index contributed by atoms with van der Waals surface area (Å²) in [5, 5.41) is 8.30. The quantitative estimate of drug-likeness (QED) is 0.107. The second-order valence-corrected chi connectivity index (χ2v) is 10.5. The standard InChI is InChI=1S/C27H32N6O7S/c1-19-7-6-10-22(17-19)41(37,38)32-23-12-11-20(2)33(25(23)35)18-24(34)29-14-16-40-31-26(28)30-27(36)39-15-13-21-8-4-3-5-9-21/h3-12,17,32H,13-16,18H2,1-2H3,(H,29,34)(H3,28,30,31,36). The van der Waals surface area contributed by atoms with Crippen molar-refractivity contribution in [2.75, 3.05) is 24.5 Å². The second kappa shape index (κ2) is 14.5. The molecule has 5 N–H and O–H groups in total. The van der Waals surface area contributed by atoms with Gasteiger partial charge in [-0.05, 0) is 54.4 Å². The van der Waals surface area contributed by atoms with E-state index in [4.69, 9.17) is 15.3 Å². The number of pyridine rings is 1. The molecule has 0 aliphatic heterocycles. The van der Waals surface area contributed by atoms with Crippen molar-refractivity contribution in [2.45, 2.75) is 31.7 Å². The number of nitrogens with one attached hydrogen (secondary N) is 3. The fraction of sp³-hybridized carbons (Fsp3) is 0.259. The molecule has 14 heteroatoms. The van der Waals surface area contributed by atoms with E-state index >= 15 is 0 Å². The van der Waals surface area contributed by atoms with Gasteiger partial charge in [0.25, 0.3) is 15.6 Å². The maximum atomic E-state index is 12.9. The fourth-order valence-electron chi connectivity index (χ4n) is 3.55. The lowest BCUT2D eigenvalue weighted by molar-refractivity contribution is -0.122. The first-order valence-electron chi connectivity index (χ1n) is 12.5. The highest BCUT2D eigenvalue weighted by atomic mass is 32.2. The summed E-state index contributed by atoms with van der Waals surface area (Å²) in [6.07, 6.45) is -0.246. The van der Waals surface area contributed by atoms with Crippen LogP contribution in [0.2, 0.25) is 0 Å². The summed E-state index contributed by atoms with van der Waals surface area (Å²) in [7, 11) is -4.01. The molecule has 3 aromatic rings. The number of amides is 2. The van der Waals surface area contributed by atoms with E-state index in [0.29, 0.717) is 12.1 Å². The van der Waals surface area contributed by atoms with Gasteiger partial charge in [-0.2, -0.15) is 0 Å². The van der Waals surface area contributed by atoms with Crippen LogP contribution in [-0.2, 0) is 37.4 Å². The summed E-state index contributed by atoms with van der Waals surface area (Å²) in [6, 6.07) is 18.6. The molecule has 1 aromatic heterocycles. The van der Waals surface area contributed by atoms with Crippen molar-refractivity contribution in [3.8, 4) is 0 Å². The smallest absolute Gasteiger partial charge is 0.414 e. The van der Waals surface area contributed by atoms with Gasteiger partial charge < -0.3 is 25.2 Å². The number of aryl methyl sites for hydroxylation is 2. The van der Waals surface area contributed by atoms with Crippen LogP contribution in [0.5, 0.6) is 0 Å². The lowest BCUT2D eigenvalue weighted by Crippen LogP contribution is -2.38. The largest absolute Gasteiger partial charge is 0.449 e. The Morgan fingerprint density at radius 2 is 1.76 bits per heavy atom. The Balaban J connectivity index is 1.43. The van der Waals surface area contributed by atoms with Crippen molar-refractivity contribution < 1.29 is 27.6 Å². The van der Waals surface area contributed by atoms with E-state index in [0.717, 1.165) is 15.7 Å². The van der Waals surface area contributed by atoms with Gasteiger partial charge in [0.1, 0.15) is 18.8 Å². The maximum absolute atomic E-state index is 12.9. The first-order valence-corrected chi connectivity index (χ1v) is 14.0. The zero-order valence-electron chi connectivity index (χ0n) is 22.6. The molecule has 0 aliphatic carbocycles. The van der Waals surface area contributed by atoms with Crippen LogP contribution in [0.3, 0.4) is 0 Å². The minimum absolute atomic E-state index is 0.0141. The number of oxime groups is 1. The van der Waals surface area contributed by atoms with Gasteiger partial charge in [-0.1, -0.05) is 42.5 Å². The molecule has 2 aromatic carbocycles. The monoisotopic (exact) mass is 584 g/mol. The van der Waals surface area contributed by atoms with Crippen LogP contribution in [0.4, 0.5) is 10.5 Å². The third kappa shape index (κ3) is 9.69. The first kappa shape index (κ1) is 30.7. The Morgan fingerprint density at radius 3 is 2.49 bits per heavy atom. The summed E-state index contributed by atoms with van der Waals surface area (Å²) < 4.78 is 33.9. The number of ether oxygens (including phenoxy) is 1. The summed E-state index contributed by atoms with van der Waals surface area (Å²) in [4.78, 5) is 42.1. The SMILES string of the molecule is Cc1cccc(S(=O)(=O)Nc2ccc(C)n(CC(=O)NCCO/N=C(\N)NC(=O)OCCc3ccccc3)c2=O)c1. The molecule has 0 saturated carbocycles. The molecule has 0 radical (unpaired) electrons. The summed E-state index contributed by atoms with van der Waals surface area (Å²) in [5.74, 6) is -0.845. The van der Waals surface area contributed by atoms with Crippen LogP contribution in [0.15, 0.2) is 81.6 Å². The molecular weight excluding hydrogens is 552 g/mol. The van der Waals surface area contributed by atoms with Gasteiger partial charge in [0.2, 0.25) is 11.9 Å². The third-order valence-corrected chi connectivity index (χ3v) is 6.98. The van der Waals surface area contributed by atoms with E-state index in [1.54, 1.807) is 26.0 Å². The second-order valence-electron chi connectivity index (χ2n) is 8.86. The highest BCUT2D eigenvalue weighted by molar-refractivity contribution is 7.92. The number of guanidine groups is 1. The molecule has 0 atom stereocenters. The van der Waals surface area contributed by atoms with Gasteiger partial charge in [0, 0.05) is 12.1 Å². The molecule has 0 bridgehead atoms. The van der Waals surface area contributed by atoms with Gasteiger partial charge in [-0.3, -0.25) is 19.6 Å². The lowest BCUT2D eigenvalue weighted by atomic mass is 10.2. The van der Waals surface area contributed by atoms with Crippen LogP contribution in [0, 0.1) is 13.8 Å². The van der Waals surface area contributed by atoms with E-state index in [1.807, 2.05) is 30.3 Å². The Morgan fingerprint density at radius 1 is 1.00 bits per heavy atom. The highest BCUT2D eigenvalue weighted by Crippen LogP contribution is 2.15. The van der Waals surface area contributed by atoms with Crippen molar-refractivity contribution in [3.05, 3.63) is 93.9 Å². The van der Waals surface area contributed by atoms with Crippen LogP contribution >= 0.6 is 0 Å². The van der Waals surface area contributed by atoms with Gasteiger partial charge in [0.15, 0.2) is 0 Å².